The van der Waals surface area contributed by atoms with Crippen LogP contribution < -0.4 is 11.1 Å². The van der Waals surface area contributed by atoms with Crippen LogP contribution >= 0.6 is 0 Å². The highest BCUT2D eigenvalue weighted by molar-refractivity contribution is 5.77. The van der Waals surface area contributed by atoms with E-state index in [1.165, 1.54) is 33.1 Å². The Morgan fingerprint density at radius 2 is 1.60 bits per heavy atom. The van der Waals surface area contributed by atoms with Gasteiger partial charge < -0.3 is 15.9 Å². The minimum atomic E-state index is -1.08. The van der Waals surface area contributed by atoms with E-state index in [4.69, 9.17) is 15.9 Å². The van der Waals surface area contributed by atoms with Crippen LogP contribution in [0.2, 0.25) is 0 Å². The quantitative estimate of drug-likeness (QED) is 0.624. The summed E-state index contributed by atoms with van der Waals surface area (Å²) in [5, 5.41) is 20.1. The lowest BCUT2D eigenvalue weighted by atomic mass is 9.83. The van der Waals surface area contributed by atoms with E-state index in [1.54, 1.807) is 6.92 Å². The largest absolute Gasteiger partial charge is 0.480 e. The molecule has 0 aromatic carbocycles. The van der Waals surface area contributed by atoms with Gasteiger partial charge in [-0.2, -0.15) is 0 Å². The minimum absolute atomic E-state index is 0.0516. The third-order valence-corrected chi connectivity index (χ3v) is 3.44. The molecule has 0 saturated heterocycles. The number of nitrogens with two attached hydrogens (primary N) is 1. The van der Waals surface area contributed by atoms with Crippen LogP contribution in [0.5, 0.6) is 0 Å². The first-order valence-corrected chi connectivity index (χ1v) is 7.01. The van der Waals surface area contributed by atoms with Crippen LogP contribution in [-0.4, -0.2) is 39.3 Å². The molecule has 20 heavy (non-hydrogen) atoms. The zero-order valence-electron chi connectivity index (χ0n) is 12.9. The van der Waals surface area contributed by atoms with E-state index in [2.05, 4.69) is 12.2 Å². The standard InChI is InChI=1S/C10H19NO2.C4H9NO2/c1-8(9(12)13)11-10(2)6-4-3-5-7-10;1-4(2,5)3(6)7/h8,11H,3-7H2,1-2H3,(H,12,13);5H2,1-2H3,(H,6,7)/t8-;/m0./s1. The Hall–Kier alpha value is -1.14. The molecule has 6 heteroatoms. The van der Waals surface area contributed by atoms with Gasteiger partial charge in [0.1, 0.15) is 11.6 Å². The number of rotatable bonds is 4. The van der Waals surface area contributed by atoms with Crippen molar-refractivity contribution in [1.29, 1.82) is 0 Å². The lowest BCUT2D eigenvalue weighted by Gasteiger charge is -2.36. The Morgan fingerprint density at radius 3 is 1.90 bits per heavy atom. The molecule has 1 rings (SSSR count). The predicted octanol–water partition coefficient (Wildman–Crippen LogP) is 1.58. The monoisotopic (exact) mass is 288 g/mol. The van der Waals surface area contributed by atoms with Crippen molar-refractivity contribution in [2.45, 2.75) is 76.9 Å². The van der Waals surface area contributed by atoms with Gasteiger partial charge in [0.15, 0.2) is 0 Å². The lowest BCUT2D eigenvalue weighted by molar-refractivity contribution is -0.142. The highest BCUT2D eigenvalue weighted by Crippen LogP contribution is 2.27. The van der Waals surface area contributed by atoms with Crippen molar-refractivity contribution in [2.75, 3.05) is 0 Å². The summed E-state index contributed by atoms with van der Waals surface area (Å²) in [7, 11) is 0. The third kappa shape index (κ3) is 7.45. The maximum Gasteiger partial charge on any atom is 0.323 e. The summed E-state index contributed by atoms with van der Waals surface area (Å²) < 4.78 is 0. The Labute approximate surface area is 120 Å². The van der Waals surface area contributed by atoms with Gasteiger partial charge in [0.25, 0.3) is 0 Å². The molecule has 118 valence electrons. The molecule has 0 unspecified atom stereocenters. The molecular weight excluding hydrogens is 260 g/mol. The van der Waals surface area contributed by atoms with Crippen LogP contribution in [0.4, 0.5) is 0 Å². The maximum absolute atomic E-state index is 10.7. The van der Waals surface area contributed by atoms with Gasteiger partial charge in [-0.25, -0.2) is 0 Å². The molecule has 0 radical (unpaired) electrons. The molecule has 0 bridgehead atoms. The zero-order valence-corrected chi connectivity index (χ0v) is 12.9. The highest BCUT2D eigenvalue weighted by atomic mass is 16.4. The van der Waals surface area contributed by atoms with E-state index in [9.17, 15) is 9.59 Å². The van der Waals surface area contributed by atoms with Crippen LogP contribution in [0.15, 0.2) is 0 Å². The number of hydrogen-bond acceptors (Lipinski definition) is 4. The molecule has 6 nitrogen and oxygen atoms in total. The predicted molar refractivity (Wildman–Crippen MR) is 77.6 cm³/mol. The SMILES string of the molecule is CC(C)(N)C(=O)O.C[C@H](NC1(C)CCCCC1)C(=O)O. The summed E-state index contributed by atoms with van der Waals surface area (Å²) in [6, 6.07) is -0.428. The molecular formula is C14H28N2O4. The van der Waals surface area contributed by atoms with Gasteiger partial charge in [-0.05, 0) is 40.5 Å². The molecule has 1 atom stereocenters. The van der Waals surface area contributed by atoms with Gasteiger partial charge in [-0.15, -0.1) is 0 Å². The fourth-order valence-electron chi connectivity index (χ4n) is 2.06. The van der Waals surface area contributed by atoms with Gasteiger partial charge in [-0.1, -0.05) is 19.3 Å². The smallest absolute Gasteiger partial charge is 0.323 e. The first-order valence-electron chi connectivity index (χ1n) is 7.01. The molecule has 1 aliphatic rings. The van der Waals surface area contributed by atoms with Gasteiger partial charge >= 0.3 is 11.9 Å². The van der Waals surface area contributed by atoms with Crippen LogP contribution in [0, 0.1) is 0 Å². The Balaban J connectivity index is 0.000000441. The molecule has 0 aromatic rings. The van der Waals surface area contributed by atoms with E-state index in [0.29, 0.717) is 0 Å². The van der Waals surface area contributed by atoms with Gasteiger partial charge in [0.05, 0.1) is 0 Å². The first kappa shape index (κ1) is 18.9. The first-order chi connectivity index (χ1) is 8.98. The zero-order chi connectivity index (χ0) is 16.0. The number of carboxylic acids is 2. The molecule has 1 fully saturated rings. The fraction of sp³-hybridized carbons (Fsp3) is 0.857. The van der Waals surface area contributed by atoms with Crippen LogP contribution in [0.1, 0.15) is 59.8 Å². The molecule has 1 saturated carbocycles. The topological polar surface area (TPSA) is 113 Å². The molecule has 0 aromatic heterocycles. The summed E-state index contributed by atoms with van der Waals surface area (Å²) in [4.78, 5) is 20.5. The van der Waals surface area contributed by atoms with Crippen molar-refractivity contribution in [2.24, 2.45) is 5.73 Å². The molecule has 0 spiro atoms. The van der Waals surface area contributed by atoms with Crippen molar-refractivity contribution >= 4 is 11.9 Å². The third-order valence-electron chi connectivity index (χ3n) is 3.44. The van der Waals surface area contributed by atoms with E-state index >= 15 is 0 Å². The normalized spacial score (nSPS) is 19.4. The summed E-state index contributed by atoms with van der Waals surface area (Å²) in [6.45, 7) is 6.72. The Bertz CT molecular complexity index is 331. The number of hydrogen-bond donors (Lipinski definition) is 4. The van der Waals surface area contributed by atoms with Crippen molar-refractivity contribution in [1.82, 2.24) is 5.32 Å². The van der Waals surface area contributed by atoms with E-state index in [1.807, 2.05) is 0 Å². The van der Waals surface area contributed by atoms with Crippen LogP contribution in [0.3, 0.4) is 0 Å². The Kier molecular flexibility index (Phi) is 7.16. The number of nitrogens with one attached hydrogen (secondary N) is 1. The van der Waals surface area contributed by atoms with E-state index < -0.39 is 23.5 Å². The van der Waals surface area contributed by atoms with Gasteiger partial charge in [-0.3, -0.25) is 14.9 Å². The fourth-order valence-corrected chi connectivity index (χ4v) is 2.06. The summed E-state index contributed by atoms with van der Waals surface area (Å²) >= 11 is 0. The lowest BCUT2D eigenvalue weighted by Crippen LogP contribution is -2.50. The number of carbonyl (C=O) groups is 2. The average Bonchev–Trinajstić information content (AvgIpc) is 2.28. The van der Waals surface area contributed by atoms with E-state index in [0.717, 1.165) is 12.8 Å². The summed E-state index contributed by atoms with van der Waals surface area (Å²) in [5.74, 6) is -1.74. The van der Waals surface area contributed by atoms with Crippen molar-refractivity contribution in [3.8, 4) is 0 Å². The molecule has 0 amide bonds. The molecule has 5 N–H and O–H groups in total. The maximum atomic E-state index is 10.7. The summed E-state index contributed by atoms with van der Waals surface area (Å²) in [5.41, 5.74) is 4.05. The van der Waals surface area contributed by atoms with Gasteiger partial charge in [0, 0.05) is 5.54 Å². The van der Waals surface area contributed by atoms with Crippen molar-refractivity contribution < 1.29 is 19.8 Å². The number of carboxylic acid groups (broad SMARTS) is 2. The second-order valence-corrected chi connectivity index (χ2v) is 6.35. The van der Waals surface area contributed by atoms with Gasteiger partial charge in [0.2, 0.25) is 0 Å². The second kappa shape index (κ2) is 7.59. The van der Waals surface area contributed by atoms with Crippen molar-refractivity contribution in [3.63, 3.8) is 0 Å². The Morgan fingerprint density at radius 1 is 1.20 bits per heavy atom. The number of aliphatic carboxylic acids is 2. The van der Waals surface area contributed by atoms with Crippen molar-refractivity contribution in [3.05, 3.63) is 0 Å². The van der Waals surface area contributed by atoms with Crippen LogP contribution in [-0.2, 0) is 9.59 Å². The molecule has 0 heterocycles. The summed E-state index contributed by atoms with van der Waals surface area (Å²) in [6.07, 6.45) is 5.93. The second-order valence-electron chi connectivity index (χ2n) is 6.35. The molecule has 0 aliphatic heterocycles. The van der Waals surface area contributed by atoms with E-state index in [-0.39, 0.29) is 5.54 Å². The minimum Gasteiger partial charge on any atom is -0.480 e. The molecule has 1 aliphatic carbocycles. The average molecular weight is 288 g/mol. The van der Waals surface area contributed by atoms with Crippen LogP contribution in [0.25, 0.3) is 0 Å². The highest BCUT2D eigenvalue weighted by Gasteiger charge is 2.29.